The van der Waals surface area contributed by atoms with E-state index in [4.69, 9.17) is 11.5 Å². The van der Waals surface area contributed by atoms with Crippen LogP contribution in [0.25, 0.3) is 0 Å². The molecule has 6 nitrogen and oxygen atoms in total. The monoisotopic (exact) mass is 552 g/mol. The fourth-order valence-corrected chi connectivity index (χ4v) is 3.14. The summed E-state index contributed by atoms with van der Waals surface area (Å²) in [5.74, 6) is -5.08. The summed E-state index contributed by atoms with van der Waals surface area (Å²) in [5, 5.41) is 0. The number of esters is 2. The molecule has 0 saturated carbocycles. The second-order valence-corrected chi connectivity index (χ2v) is 7.53. The molecule has 0 bridgehead atoms. The molecule has 3 rings (SSSR count). The van der Waals surface area contributed by atoms with Crippen LogP contribution in [-0.2, 0) is 18.5 Å². The molecule has 0 spiro atoms. The van der Waals surface area contributed by atoms with Crippen LogP contribution in [0.2, 0.25) is 0 Å². The van der Waals surface area contributed by atoms with Gasteiger partial charge in [0, 0.05) is 11.4 Å². The highest BCUT2D eigenvalue weighted by atomic mass is 19.4. The van der Waals surface area contributed by atoms with Crippen LogP contribution < -0.4 is 20.9 Å². The Labute approximate surface area is 206 Å². The Morgan fingerprint density at radius 2 is 0.947 bits per heavy atom. The number of ether oxygens (including phenoxy) is 2. The highest BCUT2D eigenvalue weighted by Gasteiger charge is 2.39. The van der Waals surface area contributed by atoms with Gasteiger partial charge in [-0.2, -0.15) is 39.5 Å². The van der Waals surface area contributed by atoms with Gasteiger partial charge < -0.3 is 20.9 Å². The van der Waals surface area contributed by atoms with Crippen molar-refractivity contribution in [1.82, 2.24) is 0 Å². The Hall–Kier alpha value is -4.43. The molecule has 0 aromatic heterocycles. The lowest BCUT2D eigenvalue weighted by molar-refractivity contribution is -0.138. The lowest BCUT2D eigenvalue weighted by Gasteiger charge is -2.16. The van der Waals surface area contributed by atoms with Gasteiger partial charge in [0.2, 0.25) is 0 Å². The SMILES string of the molecule is Nc1ccc(C(=O)Oc2ccc(C(=O)Oc3ccc(N)c(C(F)(F)F)c3)c(C(F)(F)F)c2)c(C(F)(F)F)c1. The quantitative estimate of drug-likeness (QED) is 0.169. The number of alkyl halides is 9. The van der Waals surface area contributed by atoms with Crippen LogP contribution >= 0.6 is 0 Å². The van der Waals surface area contributed by atoms with Gasteiger partial charge in [-0.25, -0.2) is 9.59 Å². The third-order valence-electron chi connectivity index (χ3n) is 4.84. The summed E-state index contributed by atoms with van der Waals surface area (Å²) in [5.41, 5.74) is 2.56. The number of halogens is 9. The van der Waals surface area contributed by atoms with Crippen LogP contribution in [0.1, 0.15) is 37.4 Å². The Morgan fingerprint density at radius 3 is 1.42 bits per heavy atom. The van der Waals surface area contributed by atoms with Crippen LogP contribution in [0.4, 0.5) is 50.9 Å². The number of benzene rings is 3. The average molecular weight is 552 g/mol. The van der Waals surface area contributed by atoms with E-state index in [0.717, 1.165) is 18.2 Å². The normalized spacial score (nSPS) is 12.2. The van der Waals surface area contributed by atoms with Gasteiger partial charge >= 0.3 is 30.5 Å². The molecule has 0 aliphatic rings. The molecule has 0 heterocycles. The maximum atomic E-state index is 13.6. The van der Waals surface area contributed by atoms with Gasteiger partial charge in [-0.3, -0.25) is 0 Å². The first-order valence-corrected chi connectivity index (χ1v) is 9.97. The number of anilines is 2. The maximum absolute atomic E-state index is 13.6. The van der Waals surface area contributed by atoms with Crippen LogP contribution in [0.5, 0.6) is 11.5 Å². The number of rotatable bonds is 4. The molecule has 0 amide bonds. The van der Waals surface area contributed by atoms with Gasteiger partial charge in [0.15, 0.2) is 0 Å². The van der Waals surface area contributed by atoms with Gasteiger partial charge in [0.25, 0.3) is 0 Å². The van der Waals surface area contributed by atoms with E-state index >= 15 is 0 Å². The first-order chi connectivity index (χ1) is 17.4. The Kier molecular flexibility index (Phi) is 7.25. The zero-order chi connectivity index (χ0) is 28.6. The number of carbonyl (C=O) groups excluding carboxylic acids is 2. The van der Waals surface area contributed by atoms with Crippen molar-refractivity contribution in [1.29, 1.82) is 0 Å². The molecular formula is C23H13F9N2O4. The lowest BCUT2D eigenvalue weighted by Crippen LogP contribution is -2.19. The lowest BCUT2D eigenvalue weighted by atomic mass is 10.1. The largest absolute Gasteiger partial charge is 0.423 e. The minimum Gasteiger partial charge on any atom is -0.423 e. The fraction of sp³-hybridized carbons (Fsp3) is 0.130. The van der Waals surface area contributed by atoms with Gasteiger partial charge in [-0.15, -0.1) is 0 Å². The molecule has 3 aromatic rings. The summed E-state index contributed by atoms with van der Waals surface area (Å²) in [4.78, 5) is 24.7. The summed E-state index contributed by atoms with van der Waals surface area (Å²) >= 11 is 0. The number of carbonyl (C=O) groups is 2. The molecule has 3 aromatic carbocycles. The van der Waals surface area contributed by atoms with Gasteiger partial charge in [-0.1, -0.05) is 0 Å². The Morgan fingerprint density at radius 1 is 0.553 bits per heavy atom. The highest BCUT2D eigenvalue weighted by Crippen LogP contribution is 2.38. The second-order valence-electron chi connectivity index (χ2n) is 7.53. The molecule has 4 N–H and O–H groups in total. The molecule has 15 heteroatoms. The van der Waals surface area contributed by atoms with E-state index in [9.17, 15) is 49.1 Å². The molecule has 0 radical (unpaired) electrons. The predicted molar refractivity (Wildman–Crippen MR) is 113 cm³/mol. The first kappa shape index (κ1) is 28.1. The zero-order valence-corrected chi connectivity index (χ0v) is 18.4. The van der Waals surface area contributed by atoms with E-state index in [-0.39, 0.29) is 11.8 Å². The van der Waals surface area contributed by atoms with E-state index in [1.807, 2.05) is 0 Å². The van der Waals surface area contributed by atoms with Gasteiger partial charge in [0.05, 0.1) is 27.8 Å². The highest BCUT2D eigenvalue weighted by molar-refractivity contribution is 5.95. The second kappa shape index (κ2) is 9.79. The summed E-state index contributed by atoms with van der Waals surface area (Å²) in [6.45, 7) is 0. The summed E-state index contributed by atoms with van der Waals surface area (Å²) in [6, 6.07) is 5.15. The third-order valence-corrected chi connectivity index (χ3v) is 4.84. The van der Waals surface area contributed by atoms with E-state index in [0.29, 0.717) is 30.3 Å². The van der Waals surface area contributed by atoms with Crippen LogP contribution in [0, 0.1) is 0 Å². The third kappa shape index (κ3) is 6.27. The van der Waals surface area contributed by atoms with Crippen molar-refractivity contribution in [2.24, 2.45) is 0 Å². The van der Waals surface area contributed by atoms with E-state index < -0.39 is 75.5 Å². The smallest absolute Gasteiger partial charge is 0.418 e. The fourth-order valence-electron chi connectivity index (χ4n) is 3.14. The number of hydrogen-bond acceptors (Lipinski definition) is 6. The molecule has 38 heavy (non-hydrogen) atoms. The minimum atomic E-state index is -5.28. The van der Waals surface area contributed by atoms with Crippen molar-refractivity contribution in [3.63, 3.8) is 0 Å². The van der Waals surface area contributed by atoms with Gasteiger partial charge in [0.1, 0.15) is 11.5 Å². The molecule has 0 saturated heterocycles. The molecule has 0 aliphatic heterocycles. The Balaban J connectivity index is 1.94. The molecule has 0 unspecified atom stereocenters. The van der Waals surface area contributed by atoms with Crippen LogP contribution in [0.3, 0.4) is 0 Å². The summed E-state index contributed by atoms with van der Waals surface area (Å²) in [6.07, 6.45) is -15.3. The minimum absolute atomic E-state index is 0.142. The number of nitrogens with two attached hydrogens (primary N) is 2. The summed E-state index contributed by atoms with van der Waals surface area (Å²) < 4.78 is 129. The summed E-state index contributed by atoms with van der Waals surface area (Å²) in [7, 11) is 0. The average Bonchev–Trinajstić information content (AvgIpc) is 2.78. The molecule has 0 atom stereocenters. The maximum Gasteiger partial charge on any atom is 0.418 e. The van der Waals surface area contributed by atoms with Gasteiger partial charge in [-0.05, 0) is 54.6 Å². The van der Waals surface area contributed by atoms with Crippen molar-refractivity contribution in [3.8, 4) is 11.5 Å². The predicted octanol–water partition coefficient (Wildman–Crippen LogP) is 6.35. The van der Waals surface area contributed by atoms with Crippen LogP contribution in [0.15, 0.2) is 54.6 Å². The molecule has 0 fully saturated rings. The Bertz CT molecular complexity index is 1400. The van der Waals surface area contributed by atoms with Crippen molar-refractivity contribution >= 4 is 23.3 Å². The van der Waals surface area contributed by atoms with Crippen molar-refractivity contribution in [2.75, 3.05) is 11.5 Å². The van der Waals surface area contributed by atoms with Crippen molar-refractivity contribution < 1.29 is 58.6 Å². The number of hydrogen-bond donors (Lipinski definition) is 2. The zero-order valence-electron chi connectivity index (χ0n) is 18.4. The van der Waals surface area contributed by atoms with E-state index in [1.54, 1.807) is 0 Å². The number of nitrogen functional groups attached to an aromatic ring is 2. The molecular weight excluding hydrogens is 539 g/mol. The van der Waals surface area contributed by atoms with E-state index in [1.165, 1.54) is 0 Å². The van der Waals surface area contributed by atoms with Crippen molar-refractivity contribution in [2.45, 2.75) is 18.5 Å². The van der Waals surface area contributed by atoms with E-state index in [2.05, 4.69) is 9.47 Å². The topological polar surface area (TPSA) is 105 Å². The molecule has 0 aliphatic carbocycles. The van der Waals surface area contributed by atoms with Crippen molar-refractivity contribution in [3.05, 3.63) is 82.4 Å². The first-order valence-electron chi connectivity index (χ1n) is 9.97. The van der Waals surface area contributed by atoms with Crippen LogP contribution in [-0.4, -0.2) is 11.9 Å². The molecule has 202 valence electrons. The standard InChI is InChI=1S/C23H13F9N2O4/c24-21(25,26)15-7-10(33)1-4-13(15)19(35)37-11-2-5-14(16(8-11)22(27,28)29)20(36)38-12-3-6-18(34)17(9-12)23(30,31)32/h1-9H,33-34H2.